The maximum atomic E-state index is 15.2. The van der Waals surface area contributed by atoms with Crippen molar-refractivity contribution < 1.29 is 34.4 Å². The molecule has 1 aromatic rings. The third kappa shape index (κ3) is 4.32. The summed E-state index contributed by atoms with van der Waals surface area (Å²) in [5.74, 6) is -1.87. The zero-order valence-electron chi connectivity index (χ0n) is 25.0. The predicted molar refractivity (Wildman–Crippen MR) is 151 cm³/mol. The van der Waals surface area contributed by atoms with Crippen molar-refractivity contribution in [2.24, 2.45) is 22.2 Å². The van der Waals surface area contributed by atoms with Crippen molar-refractivity contribution in [2.75, 3.05) is 0 Å². The minimum absolute atomic E-state index is 0.0342. The van der Waals surface area contributed by atoms with Crippen LogP contribution in [0, 0.1) is 22.2 Å². The quantitative estimate of drug-likeness (QED) is 0.254. The minimum atomic E-state index is -1.88. The van der Waals surface area contributed by atoms with Crippen molar-refractivity contribution in [1.29, 1.82) is 0 Å². The molecule has 0 saturated heterocycles. The van der Waals surface area contributed by atoms with E-state index in [1.807, 2.05) is 33.8 Å². The number of hydrogen-bond acceptors (Lipinski definition) is 7. The highest BCUT2D eigenvalue weighted by atomic mass is 16.5. The Balaban J connectivity index is 2.12. The molecule has 1 aromatic carbocycles. The number of benzene rings is 1. The Morgan fingerprint density at radius 1 is 1.12 bits per heavy atom. The van der Waals surface area contributed by atoms with Crippen molar-refractivity contribution in [2.45, 2.75) is 104 Å². The fourth-order valence-electron chi connectivity index (χ4n) is 6.94. The smallest absolute Gasteiger partial charge is 0.184 e. The van der Waals surface area contributed by atoms with E-state index in [1.165, 1.54) is 13.8 Å². The summed E-state index contributed by atoms with van der Waals surface area (Å²) in [6.45, 7) is 14.0. The number of rotatable bonds is 7. The van der Waals surface area contributed by atoms with Gasteiger partial charge in [-0.05, 0) is 72.1 Å². The summed E-state index contributed by atoms with van der Waals surface area (Å²) in [5, 5.41) is 32.8. The lowest BCUT2D eigenvalue weighted by atomic mass is 9.39. The van der Waals surface area contributed by atoms with E-state index in [-0.39, 0.29) is 36.5 Å². The first-order chi connectivity index (χ1) is 18.3. The summed E-state index contributed by atoms with van der Waals surface area (Å²) >= 11 is 0. The van der Waals surface area contributed by atoms with E-state index in [0.717, 1.165) is 5.57 Å². The van der Waals surface area contributed by atoms with E-state index in [0.29, 0.717) is 12.0 Å². The summed E-state index contributed by atoms with van der Waals surface area (Å²) in [7, 11) is 0. The van der Waals surface area contributed by atoms with Gasteiger partial charge in [-0.2, -0.15) is 0 Å². The Kier molecular flexibility index (Phi) is 7.39. The average Bonchev–Trinajstić information content (AvgIpc) is 2.85. The topological polar surface area (TPSA) is 121 Å². The van der Waals surface area contributed by atoms with E-state index < -0.39 is 57.0 Å². The fraction of sp³-hybridized carbons (Fsp3) is 0.606. The number of aliphatic hydroxyl groups excluding tert-OH is 2. The third-order valence-electron chi connectivity index (χ3n) is 9.79. The van der Waals surface area contributed by atoms with Gasteiger partial charge in [-0.25, -0.2) is 0 Å². The maximum Gasteiger partial charge on any atom is 0.184 e. The summed E-state index contributed by atoms with van der Waals surface area (Å²) in [4.78, 5) is 44.6. The Morgan fingerprint density at radius 2 is 1.73 bits per heavy atom. The van der Waals surface area contributed by atoms with E-state index in [9.17, 15) is 24.9 Å². The van der Waals surface area contributed by atoms with Gasteiger partial charge in [0.2, 0.25) is 0 Å². The highest BCUT2D eigenvalue weighted by Crippen LogP contribution is 2.68. The van der Waals surface area contributed by atoms with Gasteiger partial charge in [-0.15, -0.1) is 0 Å². The number of carbonyl (C=O) groups is 3. The van der Waals surface area contributed by atoms with Crippen LogP contribution < -0.4 is 0 Å². The number of ether oxygens (including phenoxy) is 1. The van der Waals surface area contributed by atoms with Crippen LogP contribution in [-0.4, -0.2) is 56.1 Å². The second-order valence-electron chi connectivity index (χ2n) is 13.9. The third-order valence-corrected chi connectivity index (χ3v) is 9.79. The molecule has 2 bridgehead atoms. The fourth-order valence-corrected chi connectivity index (χ4v) is 6.94. The zero-order chi connectivity index (χ0) is 30.1. The van der Waals surface area contributed by atoms with Crippen molar-refractivity contribution >= 4 is 17.3 Å². The van der Waals surface area contributed by atoms with Gasteiger partial charge >= 0.3 is 0 Å². The molecule has 7 nitrogen and oxygen atoms in total. The molecule has 1 saturated carbocycles. The lowest BCUT2D eigenvalue weighted by molar-refractivity contribution is -0.182. The Morgan fingerprint density at radius 3 is 2.27 bits per heavy atom. The van der Waals surface area contributed by atoms with Gasteiger partial charge in [0.15, 0.2) is 22.8 Å². The van der Waals surface area contributed by atoms with Gasteiger partial charge in [0, 0.05) is 17.6 Å². The summed E-state index contributed by atoms with van der Waals surface area (Å²) in [6, 6.07) is 8.57. The number of allylic oxidation sites excluding steroid dienone is 3. The predicted octanol–water partition coefficient (Wildman–Crippen LogP) is 4.73. The van der Waals surface area contributed by atoms with Crippen LogP contribution in [0.25, 0.3) is 0 Å². The summed E-state index contributed by atoms with van der Waals surface area (Å²) in [6.07, 6.45) is -0.211. The number of hydrogen-bond donors (Lipinski definition) is 3. The van der Waals surface area contributed by atoms with Crippen LogP contribution in [0.3, 0.4) is 0 Å². The molecule has 0 amide bonds. The molecule has 0 aromatic heterocycles. The second-order valence-corrected chi connectivity index (χ2v) is 13.9. The van der Waals surface area contributed by atoms with Crippen molar-refractivity contribution in [3.05, 3.63) is 58.9 Å². The molecular formula is C33H44O7. The van der Waals surface area contributed by atoms with Gasteiger partial charge in [-0.3, -0.25) is 14.4 Å². The minimum Gasteiger partial charge on any atom is -0.487 e. The van der Waals surface area contributed by atoms with Gasteiger partial charge in [0.25, 0.3) is 0 Å². The molecule has 1 aliphatic heterocycles. The molecule has 1 fully saturated rings. The molecular weight excluding hydrogens is 508 g/mol. The van der Waals surface area contributed by atoms with Crippen LogP contribution in [0.2, 0.25) is 0 Å². The molecule has 218 valence electrons. The first-order valence-electron chi connectivity index (χ1n) is 14.2. The van der Waals surface area contributed by atoms with Gasteiger partial charge in [0.05, 0.1) is 23.2 Å². The molecule has 1 unspecified atom stereocenters. The molecule has 4 rings (SSSR count). The Hall–Kier alpha value is -2.61. The lowest BCUT2D eigenvalue weighted by Crippen LogP contribution is -2.71. The van der Waals surface area contributed by atoms with Crippen molar-refractivity contribution in [3.63, 3.8) is 0 Å². The monoisotopic (exact) mass is 552 g/mol. The normalized spacial score (nSPS) is 31.7. The van der Waals surface area contributed by atoms with Crippen LogP contribution in [-0.2, 0) is 14.3 Å². The van der Waals surface area contributed by atoms with Gasteiger partial charge in [0.1, 0.15) is 11.4 Å². The van der Waals surface area contributed by atoms with Crippen LogP contribution in [0.1, 0.15) is 91.4 Å². The molecule has 3 N–H and O–H groups in total. The SMILES string of the molecule is CC(C)=CC[C@@H]1C[C@@]2(CC(O)C(C)(C)O)C(=O)C3=C(OC(C)(C)[C@H](O)C3)[C@](C(=O)c3ccccc3)(C2=O)C1(C)C. The summed E-state index contributed by atoms with van der Waals surface area (Å²) < 4.78 is 6.43. The number of ketones is 3. The number of Topliss-reactive ketones (excluding diaryl/α,β-unsaturated/α-hetero) is 3. The molecule has 3 aliphatic rings. The standard InChI is InChI=1S/C33H44O7/c1-19(2)14-15-21-17-32(18-24(35)30(5,6)39)26(37)22-16-23(34)31(7,8)40-27(22)33(28(32)38,29(21,3)4)25(36)20-12-10-9-11-13-20/h9-14,21,23-24,34-35,39H,15-18H2,1-8H3/t21-,23-,24?,32-,33-/m1/s1. The van der Waals surface area contributed by atoms with Crippen molar-refractivity contribution in [1.82, 2.24) is 0 Å². The highest BCUT2D eigenvalue weighted by Gasteiger charge is 2.76. The van der Waals surface area contributed by atoms with Crippen LogP contribution in [0.5, 0.6) is 0 Å². The Labute approximate surface area is 237 Å². The molecule has 0 radical (unpaired) electrons. The molecule has 2 aliphatic carbocycles. The van der Waals surface area contributed by atoms with E-state index in [2.05, 4.69) is 0 Å². The zero-order valence-corrected chi connectivity index (χ0v) is 25.0. The van der Waals surface area contributed by atoms with Gasteiger partial charge < -0.3 is 20.1 Å². The van der Waals surface area contributed by atoms with Crippen LogP contribution in [0.15, 0.2) is 53.3 Å². The summed E-state index contributed by atoms with van der Waals surface area (Å²) in [5.41, 5.74) is -5.90. The molecule has 40 heavy (non-hydrogen) atoms. The van der Waals surface area contributed by atoms with E-state index >= 15 is 4.79 Å². The Bertz CT molecular complexity index is 1280. The van der Waals surface area contributed by atoms with E-state index in [1.54, 1.807) is 44.2 Å². The lowest BCUT2D eigenvalue weighted by Gasteiger charge is -2.62. The highest BCUT2D eigenvalue weighted by molar-refractivity contribution is 6.30. The van der Waals surface area contributed by atoms with E-state index in [4.69, 9.17) is 4.74 Å². The second kappa shape index (κ2) is 9.74. The number of carbonyl (C=O) groups excluding carboxylic acids is 3. The first kappa shape index (κ1) is 30.4. The van der Waals surface area contributed by atoms with Gasteiger partial charge in [-0.1, -0.05) is 55.8 Å². The largest absolute Gasteiger partial charge is 0.487 e. The first-order valence-corrected chi connectivity index (χ1v) is 14.2. The molecule has 0 spiro atoms. The average molecular weight is 553 g/mol. The number of fused-ring (bicyclic) bond motifs is 3. The molecule has 5 atom stereocenters. The van der Waals surface area contributed by atoms with Crippen molar-refractivity contribution in [3.8, 4) is 0 Å². The molecule has 1 heterocycles. The van der Waals surface area contributed by atoms with Crippen LogP contribution >= 0.6 is 0 Å². The number of aliphatic hydroxyl groups is 3. The maximum absolute atomic E-state index is 15.2. The molecule has 7 heteroatoms. The van der Waals surface area contributed by atoms with Crippen LogP contribution in [0.4, 0.5) is 0 Å².